The largest absolute Gasteiger partial charge is 0.480 e. The van der Waals surface area contributed by atoms with Gasteiger partial charge >= 0.3 is 11.9 Å². The van der Waals surface area contributed by atoms with Gasteiger partial charge in [0.2, 0.25) is 6.04 Å². The van der Waals surface area contributed by atoms with E-state index >= 15 is 0 Å². The van der Waals surface area contributed by atoms with Crippen LogP contribution >= 0.6 is 0 Å². The first kappa shape index (κ1) is 14.0. The summed E-state index contributed by atoms with van der Waals surface area (Å²) < 4.78 is 4.83. The van der Waals surface area contributed by atoms with Gasteiger partial charge in [0.1, 0.15) is 0 Å². The number of aliphatic carboxylic acids is 1. The van der Waals surface area contributed by atoms with Gasteiger partial charge in [-0.2, -0.15) is 0 Å². The SMILES string of the molecule is CCOC(=O)C(C(=O)O)N1CCCCCCC1. The summed E-state index contributed by atoms with van der Waals surface area (Å²) in [5, 5.41) is 9.14. The molecule has 0 aromatic carbocycles. The Hall–Kier alpha value is -1.10. The van der Waals surface area contributed by atoms with Crippen LogP contribution in [-0.4, -0.2) is 47.7 Å². The molecule has 1 N–H and O–H groups in total. The molecule has 0 aromatic rings. The molecule has 5 heteroatoms. The molecule has 0 spiro atoms. The molecule has 1 rings (SSSR count). The first-order valence-electron chi connectivity index (χ1n) is 6.30. The molecule has 98 valence electrons. The van der Waals surface area contributed by atoms with Gasteiger partial charge in [-0.3, -0.25) is 4.90 Å². The number of hydrogen-bond donors (Lipinski definition) is 1. The number of carboxylic acid groups (broad SMARTS) is 1. The summed E-state index contributed by atoms with van der Waals surface area (Å²) >= 11 is 0. The molecule has 1 saturated heterocycles. The lowest BCUT2D eigenvalue weighted by Crippen LogP contribution is -2.48. The lowest BCUT2D eigenvalue weighted by molar-refractivity contribution is -0.160. The van der Waals surface area contributed by atoms with Gasteiger partial charge in [-0.25, -0.2) is 9.59 Å². The van der Waals surface area contributed by atoms with Crippen LogP contribution in [0.4, 0.5) is 0 Å². The zero-order valence-electron chi connectivity index (χ0n) is 10.4. The lowest BCUT2D eigenvalue weighted by Gasteiger charge is -2.28. The Morgan fingerprint density at radius 3 is 2.18 bits per heavy atom. The van der Waals surface area contributed by atoms with E-state index in [0.29, 0.717) is 13.1 Å². The molecule has 1 fully saturated rings. The fourth-order valence-electron chi connectivity index (χ4n) is 2.16. The molecule has 5 nitrogen and oxygen atoms in total. The van der Waals surface area contributed by atoms with Gasteiger partial charge < -0.3 is 9.84 Å². The number of carboxylic acids is 1. The summed E-state index contributed by atoms with van der Waals surface area (Å²) in [7, 11) is 0. The topological polar surface area (TPSA) is 66.8 Å². The van der Waals surface area contributed by atoms with Crippen molar-refractivity contribution in [2.45, 2.75) is 45.1 Å². The molecule has 1 unspecified atom stereocenters. The summed E-state index contributed by atoms with van der Waals surface area (Å²) in [6, 6.07) is -1.13. The van der Waals surface area contributed by atoms with Crippen LogP contribution in [0.5, 0.6) is 0 Å². The average Bonchev–Trinajstić information content (AvgIpc) is 2.21. The molecular formula is C12H21NO4. The van der Waals surface area contributed by atoms with Crippen LogP contribution in [0.1, 0.15) is 39.0 Å². The van der Waals surface area contributed by atoms with E-state index in [1.165, 1.54) is 6.42 Å². The quantitative estimate of drug-likeness (QED) is 0.595. The van der Waals surface area contributed by atoms with Crippen LogP contribution in [0.2, 0.25) is 0 Å². The predicted octanol–water partition coefficient (Wildman–Crippen LogP) is 1.27. The van der Waals surface area contributed by atoms with Crippen LogP contribution in [0.15, 0.2) is 0 Å². The number of hydrogen-bond acceptors (Lipinski definition) is 4. The Labute approximate surface area is 102 Å². The van der Waals surface area contributed by atoms with Crippen molar-refractivity contribution in [3.05, 3.63) is 0 Å². The van der Waals surface area contributed by atoms with E-state index in [-0.39, 0.29) is 6.61 Å². The highest BCUT2D eigenvalue weighted by molar-refractivity contribution is 5.98. The molecule has 0 saturated carbocycles. The third-order valence-corrected chi connectivity index (χ3v) is 3.00. The van der Waals surface area contributed by atoms with Crippen molar-refractivity contribution < 1.29 is 19.4 Å². The van der Waals surface area contributed by atoms with Crippen molar-refractivity contribution in [2.75, 3.05) is 19.7 Å². The molecule has 1 atom stereocenters. The van der Waals surface area contributed by atoms with E-state index in [2.05, 4.69) is 0 Å². The van der Waals surface area contributed by atoms with Gasteiger partial charge in [0.05, 0.1) is 6.61 Å². The van der Waals surface area contributed by atoms with E-state index in [1.54, 1.807) is 11.8 Å². The van der Waals surface area contributed by atoms with Gasteiger partial charge in [-0.1, -0.05) is 19.3 Å². The fourth-order valence-corrected chi connectivity index (χ4v) is 2.16. The average molecular weight is 243 g/mol. The van der Waals surface area contributed by atoms with Crippen LogP contribution in [0.3, 0.4) is 0 Å². The summed E-state index contributed by atoms with van der Waals surface area (Å²) in [4.78, 5) is 24.5. The molecule has 0 aromatic heterocycles. The molecule has 1 aliphatic heterocycles. The maximum Gasteiger partial charge on any atom is 0.335 e. The third-order valence-electron chi connectivity index (χ3n) is 3.00. The number of carbonyl (C=O) groups excluding carboxylic acids is 1. The van der Waals surface area contributed by atoms with Crippen LogP contribution < -0.4 is 0 Å². The third kappa shape index (κ3) is 4.34. The van der Waals surface area contributed by atoms with Gasteiger partial charge in [-0.15, -0.1) is 0 Å². The van der Waals surface area contributed by atoms with E-state index in [1.807, 2.05) is 0 Å². The van der Waals surface area contributed by atoms with Crippen molar-refractivity contribution >= 4 is 11.9 Å². The van der Waals surface area contributed by atoms with Crippen LogP contribution in [0.25, 0.3) is 0 Å². The van der Waals surface area contributed by atoms with Crippen molar-refractivity contribution in [3.63, 3.8) is 0 Å². The Morgan fingerprint density at radius 2 is 1.71 bits per heavy atom. The van der Waals surface area contributed by atoms with Crippen molar-refractivity contribution in [3.8, 4) is 0 Å². The Bertz CT molecular complexity index is 259. The fraction of sp³-hybridized carbons (Fsp3) is 0.833. The molecular weight excluding hydrogens is 222 g/mol. The van der Waals surface area contributed by atoms with Crippen LogP contribution in [-0.2, 0) is 14.3 Å². The zero-order chi connectivity index (χ0) is 12.7. The summed E-state index contributed by atoms with van der Waals surface area (Å²) in [6.45, 7) is 3.23. The zero-order valence-corrected chi connectivity index (χ0v) is 10.4. The van der Waals surface area contributed by atoms with Crippen molar-refractivity contribution in [1.29, 1.82) is 0 Å². The maximum absolute atomic E-state index is 11.6. The number of likely N-dealkylation sites (tertiary alicyclic amines) is 1. The highest BCUT2D eigenvalue weighted by Crippen LogP contribution is 2.14. The first-order chi connectivity index (χ1) is 8.16. The van der Waals surface area contributed by atoms with Gasteiger partial charge in [0.25, 0.3) is 0 Å². The second-order valence-corrected chi connectivity index (χ2v) is 4.30. The molecule has 1 aliphatic rings. The Kier molecular flexibility index (Phi) is 5.97. The maximum atomic E-state index is 11.6. The first-order valence-corrected chi connectivity index (χ1v) is 6.30. The molecule has 0 aliphatic carbocycles. The number of esters is 1. The number of ether oxygens (including phenoxy) is 1. The summed E-state index contributed by atoms with van der Waals surface area (Å²) in [5.74, 6) is -1.75. The summed E-state index contributed by atoms with van der Waals surface area (Å²) in [6.07, 6.45) is 5.30. The molecule has 0 bridgehead atoms. The summed E-state index contributed by atoms with van der Waals surface area (Å²) in [5.41, 5.74) is 0. The monoisotopic (exact) mass is 243 g/mol. The highest BCUT2D eigenvalue weighted by Gasteiger charge is 2.33. The van der Waals surface area contributed by atoms with Crippen molar-refractivity contribution in [1.82, 2.24) is 4.90 Å². The minimum Gasteiger partial charge on any atom is -0.480 e. The smallest absolute Gasteiger partial charge is 0.335 e. The minimum absolute atomic E-state index is 0.219. The number of nitrogens with zero attached hydrogens (tertiary/aromatic N) is 1. The molecule has 1 heterocycles. The highest BCUT2D eigenvalue weighted by atomic mass is 16.5. The molecule has 17 heavy (non-hydrogen) atoms. The normalized spacial score (nSPS) is 20.1. The second-order valence-electron chi connectivity index (χ2n) is 4.30. The van der Waals surface area contributed by atoms with Gasteiger partial charge in [-0.05, 0) is 32.9 Å². The second kappa shape index (κ2) is 7.27. The number of carbonyl (C=O) groups is 2. The van der Waals surface area contributed by atoms with E-state index in [0.717, 1.165) is 25.7 Å². The standard InChI is InChI=1S/C12H21NO4/c1-2-17-12(16)10(11(14)15)13-8-6-4-3-5-7-9-13/h10H,2-9H2,1H3,(H,14,15). The Balaban J connectivity index is 2.66. The molecule has 0 radical (unpaired) electrons. The Morgan fingerprint density at radius 1 is 1.18 bits per heavy atom. The van der Waals surface area contributed by atoms with E-state index in [4.69, 9.17) is 9.84 Å². The van der Waals surface area contributed by atoms with Crippen LogP contribution in [0, 0.1) is 0 Å². The molecule has 0 amide bonds. The van der Waals surface area contributed by atoms with Gasteiger partial charge in [0, 0.05) is 0 Å². The predicted molar refractivity (Wildman–Crippen MR) is 62.7 cm³/mol. The lowest BCUT2D eigenvalue weighted by atomic mass is 10.1. The number of rotatable bonds is 4. The van der Waals surface area contributed by atoms with E-state index in [9.17, 15) is 9.59 Å². The van der Waals surface area contributed by atoms with Gasteiger partial charge in [0.15, 0.2) is 0 Å². The minimum atomic E-state index is -1.13. The van der Waals surface area contributed by atoms with Crippen molar-refractivity contribution in [2.24, 2.45) is 0 Å². The van der Waals surface area contributed by atoms with E-state index < -0.39 is 18.0 Å².